The van der Waals surface area contributed by atoms with Crippen LogP contribution in [0.2, 0.25) is 5.02 Å². The Balaban J connectivity index is 1.79. The van der Waals surface area contributed by atoms with Crippen molar-refractivity contribution in [3.63, 3.8) is 0 Å². The second-order valence-electron chi connectivity index (χ2n) is 5.50. The van der Waals surface area contributed by atoms with Crippen LogP contribution >= 0.6 is 11.6 Å². The highest BCUT2D eigenvalue weighted by Gasteiger charge is 2.42. The van der Waals surface area contributed by atoms with E-state index in [4.69, 9.17) is 17.3 Å². The lowest BCUT2D eigenvalue weighted by molar-refractivity contribution is 0.0780. The van der Waals surface area contributed by atoms with Crippen LogP contribution in [-0.2, 0) is 0 Å². The predicted octanol–water partition coefficient (Wildman–Crippen LogP) is 2.29. The van der Waals surface area contributed by atoms with E-state index in [0.29, 0.717) is 29.9 Å². The zero-order valence-electron chi connectivity index (χ0n) is 10.5. The molecule has 2 atom stereocenters. The molecule has 2 unspecified atom stereocenters. The van der Waals surface area contributed by atoms with E-state index < -0.39 is 5.82 Å². The molecular formula is C14H16ClFN2O. The summed E-state index contributed by atoms with van der Waals surface area (Å²) in [6.07, 6.45) is 2.40. The van der Waals surface area contributed by atoms with Crippen LogP contribution in [0.25, 0.3) is 0 Å². The summed E-state index contributed by atoms with van der Waals surface area (Å²) >= 11 is 5.82. The lowest BCUT2D eigenvalue weighted by Crippen LogP contribution is -2.33. The minimum Gasteiger partial charge on any atom is -0.337 e. The fourth-order valence-corrected chi connectivity index (χ4v) is 3.05. The third-order valence-electron chi connectivity index (χ3n) is 4.09. The van der Waals surface area contributed by atoms with Crippen molar-refractivity contribution in [2.75, 3.05) is 13.1 Å². The number of hydrogen-bond acceptors (Lipinski definition) is 2. The van der Waals surface area contributed by atoms with E-state index in [9.17, 15) is 9.18 Å². The monoisotopic (exact) mass is 282 g/mol. The van der Waals surface area contributed by atoms with Gasteiger partial charge >= 0.3 is 0 Å². The maximum atomic E-state index is 13.7. The first-order valence-corrected chi connectivity index (χ1v) is 6.94. The van der Waals surface area contributed by atoms with Gasteiger partial charge in [-0.05, 0) is 42.9 Å². The summed E-state index contributed by atoms with van der Waals surface area (Å²) in [4.78, 5) is 14.0. The average molecular weight is 283 g/mol. The second kappa shape index (κ2) is 4.76. The lowest BCUT2D eigenvalue weighted by atomic mass is 9.99. The van der Waals surface area contributed by atoms with E-state index in [1.54, 1.807) is 4.90 Å². The van der Waals surface area contributed by atoms with Gasteiger partial charge in [0.1, 0.15) is 5.82 Å². The predicted molar refractivity (Wildman–Crippen MR) is 71.5 cm³/mol. The summed E-state index contributed by atoms with van der Waals surface area (Å²) in [6, 6.07) is 4.06. The fourth-order valence-electron chi connectivity index (χ4n) is 2.87. The average Bonchev–Trinajstić information content (AvgIpc) is 3.15. The van der Waals surface area contributed by atoms with Gasteiger partial charge in [0.05, 0.1) is 5.56 Å². The third-order valence-corrected chi connectivity index (χ3v) is 4.32. The molecule has 3 nitrogen and oxygen atoms in total. The Morgan fingerprint density at radius 2 is 2.11 bits per heavy atom. The van der Waals surface area contributed by atoms with Gasteiger partial charge in [0.2, 0.25) is 0 Å². The molecule has 3 rings (SSSR count). The maximum absolute atomic E-state index is 13.7. The summed E-state index contributed by atoms with van der Waals surface area (Å²) in [5.41, 5.74) is 6.12. The van der Waals surface area contributed by atoms with Gasteiger partial charge in [0, 0.05) is 24.2 Å². The highest BCUT2D eigenvalue weighted by molar-refractivity contribution is 6.31. The number of hydrogen-bond donors (Lipinski definition) is 1. The Morgan fingerprint density at radius 1 is 1.37 bits per heavy atom. The maximum Gasteiger partial charge on any atom is 0.256 e. The summed E-state index contributed by atoms with van der Waals surface area (Å²) < 4.78 is 13.7. The number of nitrogens with zero attached hydrogens (tertiary/aromatic N) is 1. The van der Waals surface area contributed by atoms with Crippen LogP contribution in [0.15, 0.2) is 18.2 Å². The standard InChI is InChI=1S/C14H16ClFN2O/c15-9-3-4-12(16)10(5-9)14(19)18-6-11(8-1-2-8)13(17)7-18/h3-5,8,11,13H,1-2,6-7,17H2. The molecule has 1 aliphatic heterocycles. The number of carbonyl (C=O) groups excluding carboxylic acids is 1. The Hall–Kier alpha value is -1.13. The van der Waals surface area contributed by atoms with Crippen molar-refractivity contribution in [2.24, 2.45) is 17.6 Å². The van der Waals surface area contributed by atoms with Crippen LogP contribution in [0.3, 0.4) is 0 Å². The molecule has 102 valence electrons. The molecule has 0 aromatic heterocycles. The smallest absolute Gasteiger partial charge is 0.256 e. The van der Waals surface area contributed by atoms with E-state index in [0.717, 1.165) is 0 Å². The molecule has 1 aliphatic carbocycles. The minimum absolute atomic E-state index is 0.0127. The lowest BCUT2D eigenvalue weighted by Gasteiger charge is -2.16. The quantitative estimate of drug-likeness (QED) is 0.905. The van der Waals surface area contributed by atoms with E-state index >= 15 is 0 Å². The largest absolute Gasteiger partial charge is 0.337 e. The van der Waals surface area contributed by atoms with Gasteiger partial charge in [-0.25, -0.2) is 4.39 Å². The fraction of sp³-hybridized carbons (Fsp3) is 0.500. The summed E-state index contributed by atoms with van der Waals surface area (Å²) in [6.45, 7) is 1.14. The molecule has 19 heavy (non-hydrogen) atoms. The highest BCUT2D eigenvalue weighted by atomic mass is 35.5. The molecule has 5 heteroatoms. The molecule has 0 radical (unpaired) electrons. The van der Waals surface area contributed by atoms with Crippen LogP contribution in [0.5, 0.6) is 0 Å². The Bertz CT molecular complexity index is 518. The zero-order valence-corrected chi connectivity index (χ0v) is 11.2. The third kappa shape index (κ3) is 2.47. The molecule has 2 aliphatic rings. The van der Waals surface area contributed by atoms with Crippen molar-refractivity contribution in [2.45, 2.75) is 18.9 Å². The van der Waals surface area contributed by atoms with Gasteiger partial charge < -0.3 is 10.6 Å². The van der Waals surface area contributed by atoms with E-state index in [-0.39, 0.29) is 17.5 Å². The molecule has 0 spiro atoms. The summed E-state index contributed by atoms with van der Waals surface area (Å²) in [5, 5.41) is 0.368. The summed E-state index contributed by atoms with van der Waals surface area (Å²) in [5.74, 6) is 0.180. The molecule has 1 saturated carbocycles. The number of nitrogens with two attached hydrogens (primary N) is 1. The first-order valence-electron chi connectivity index (χ1n) is 6.56. The SMILES string of the molecule is NC1CN(C(=O)c2cc(Cl)ccc2F)CC1C1CC1. The van der Waals surface area contributed by atoms with Gasteiger partial charge in [0.25, 0.3) is 5.91 Å². The van der Waals surface area contributed by atoms with Crippen molar-refractivity contribution < 1.29 is 9.18 Å². The Labute approximate surface area is 116 Å². The van der Waals surface area contributed by atoms with Crippen molar-refractivity contribution in [1.29, 1.82) is 0 Å². The van der Waals surface area contributed by atoms with Crippen molar-refractivity contribution in [1.82, 2.24) is 4.90 Å². The van der Waals surface area contributed by atoms with Crippen LogP contribution in [-0.4, -0.2) is 29.9 Å². The molecule has 1 heterocycles. The molecule has 1 saturated heterocycles. The number of likely N-dealkylation sites (tertiary alicyclic amines) is 1. The van der Waals surface area contributed by atoms with E-state index in [2.05, 4.69) is 0 Å². The number of benzene rings is 1. The van der Waals surface area contributed by atoms with Gasteiger partial charge in [-0.3, -0.25) is 4.79 Å². The topological polar surface area (TPSA) is 46.3 Å². The number of amides is 1. The van der Waals surface area contributed by atoms with Crippen LogP contribution < -0.4 is 5.73 Å². The van der Waals surface area contributed by atoms with Crippen LogP contribution in [0.4, 0.5) is 4.39 Å². The van der Waals surface area contributed by atoms with E-state index in [1.807, 2.05) is 0 Å². The first kappa shape index (κ1) is 12.9. The minimum atomic E-state index is -0.530. The van der Waals surface area contributed by atoms with Crippen molar-refractivity contribution >= 4 is 17.5 Å². The highest BCUT2D eigenvalue weighted by Crippen LogP contribution is 2.41. The van der Waals surface area contributed by atoms with Gasteiger partial charge in [-0.2, -0.15) is 0 Å². The molecule has 2 N–H and O–H groups in total. The number of carbonyl (C=O) groups is 1. The molecule has 1 aromatic carbocycles. The molecule has 1 amide bonds. The molecule has 0 bridgehead atoms. The molecule has 2 fully saturated rings. The van der Waals surface area contributed by atoms with Crippen LogP contribution in [0.1, 0.15) is 23.2 Å². The Kier molecular flexibility index (Phi) is 3.23. The van der Waals surface area contributed by atoms with Crippen molar-refractivity contribution in [3.05, 3.63) is 34.6 Å². The van der Waals surface area contributed by atoms with Crippen molar-refractivity contribution in [3.8, 4) is 0 Å². The van der Waals surface area contributed by atoms with Crippen LogP contribution in [0, 0.1) is 17.7 Å². The molecular weight excluding hydrogens is 267 g/mol. The summed E-state index contributed by atoms with van der Waals surface area (Å²) in [7, 11) is 0. The van der Waals surface area contributed by atoms with Gasteiger partial charge in [-0.1, -0.05) is 11.6 Å². The normalized spacial score (nSPS) is 26.8. The molecule has 1 aromatic rings. The Morgan fingerprint density at radius 3 is 2.79 bits per heavy atom. The number of rotatable bonds is 2. The first-order chi connectivity index (χ1) is 9.06. The van der Waals surface area contributed by atoms with Gasteiger partial charge in [0.15, 0.2) is 0 Å². The number of halogens is 2. The van der Waals surface area contributed by atoms with E-state index in [1.165, 1.54) is 31.0 Å². The van der Waals surface area contributed by atoms with Gasteiger partial charge in [-0.15, -0.1) is 0 Å². The second-order valence-corrected chi connectivity index (χ2v) is 5.94. The zero-order chi connectivity index (χ0) is 13.6.